The lowest BCUT2D eigenvalue weighted by atomic mass is 10.1. The van der Waals surface area contributed by atoms with Crippen molar-refractivity contribution in [1.82, 2.24) is 10.2 Å². The molecular weight excluding hydrogens is 224 g/mol. The highest BCUT2D eigenvalue weighted by atomic mass is 16.5. The van der Waals surface area contributed by atoms with E-state index < -0.39 is 0 Å². The summed E-state index contributed by atoms with van der Waals surface area (Å²) in [6.07, 6.45) is 5.31. The Labute approximate surface area is 113 Å². The van der Waals surface area contributed by atoms with Gasteiger partial charge < -0.3 is 10.1 Å². The van der Waals surface area contributed by atoms with Crippen molar-refractivity contribution in [3.05, 3.63) is 0 Å². The molecule has 0 aromatic rings. The third-order valence-corrected chi connectivity index (χ3v) is 3.59. The van der Waals surface area contributed by atoms with Crippen LogP contribution in [0.1, 0.15) is 53.4 Å². The number of methoxy groups -OCH3 is 1. The first-order valence-corrected chi connectivity index (χ1v) is 7.44. The summed E-state index contributed by atoms with van der Waals surface area (Å²) >= 11 is 0. The lowest BCUT2D eigenvalue weighted by Crippen LogP contribution is -2.39. The Morgan fingerprint density at radius 3 is 2.50 bits per heavy atom. The molecule has 18 heavy (non-hydrogen) atoms. The molecule has 0 saturated heterocycles. The Balaban J connectivity index is 2.18. The third kappa shape index (κ3) is 6.72. The van der Waals surface area contributed by atoms with E-state index in [9.17, 15) is 0 Å². The molecule has 0 aromatic heterocycles. The van der Waals surface area contributed by atoms with Crippen molar-refractivity contribution < 1.29 is 4.74 Å². The molecule has 1 fully saturated rings. The predicted octanol–water partition coefficient (Wildman–Crippen LogP) is 2.65. The number of hydrogen-bond acceptors (Lipinski definition) is 3. The highest BCUT2D eigenvalue weighted by Crippen LogP contribution is 2.29. The van der Waals surface area contributed by atoms with Crippen LogP contribution in [0.5, 0.6) is 0 Å². The van der Waals surface area contributed by atoms with Crippen LogP contribution in [0.3, 0.4) is 0 Å². The van der Waals surface area contributed by atoms with Gasteiger partial charge in [0.15, 0.2) is 0 Å². The number of nitrogens with zero attached hydrogens (tertiary/aromatic N) is 1. The van der Waals surface area contributed by atoms with E-state index in [0.717, 1.165) is 25.7 Å². The summed E-state index contributed by atoms with van der Waals surface area (Å²) < 4.78 is 5.22. The van der Waals surface area contributed by atoms with E-state index in [1.807, 2.05) is 0 Å². The van der Waals surface area contributed by atoms with Crippen LogP contribution in [0, 0.1) is 0 Å². The van der Waals surface area contributed by atoms with E-state index in [-0.39, 0.29) is 5.54 Å². The van der Waals surface area contributed by atoms with E-state index in [4.69, 9.17) is 4.74 Å². The molecule has 108 valence electrons. The predicted molar refractivity (Wildman–Crippen MR) is 78.1 cm³/mol. The fraction of sp³-hybridized carbons (Fsp3) is 1.00. The summed E-state index contributed by atoms with van der Waals surface area (Å²) in [5.41, 5.74) is 0.246. The fourth-order valence-electron chi connectivity index (χ4n) is 2.39. The fourth-order valence-corrected chi connectivity index (χ4v) is 2.39. The first-order chi connectivity index (χ1) is 8.44. The Morgan fingerprint density at radius 2 is 2.00 bits per heavy atom. The lowest BCUT2D eigenvalue weighted by molar-refractivity contribution is 0.114. The van der Waals surface area contributed by atoms with Gasteiger partial charge in [-0.05, 0) is 59.9 Å². The normalized spacial score (nSPS) is 18.3. The quantitative estimate of drug-likeness (QED) is 0.642. The van der Waals surface area contributed by atoms with Gasteiger partial charge in [0.25, 0.3) is 0 Å². The molecule has 1 aliphatic carbocycles. The maximum atomic E-state index is 5.22. The summed E-state index contributed by atoms with van der Waals surface area (Å²) in [4.78, 5) is 2.64. The van der Waals surface area contributed by atoms with Crippen LogP contribution in [-0.4, -0.2) is 49.3 Å². The van der Waals surface area contributed by atoms with Gasteiger partial charge in [-0.15, -0.1) is 0 Å². The van der Waals surface area contributed by atoms with Crippen molar-refractivity contribution in [3.63, 3.8) is 0 Å². The molecule has 0 heterocycles. The molecule has 3 nitrogen and oxygen atoms in total. The maximum absolute atomic E-state index is 5.22. The zero-order valence-corrected chi connectivity index (χ0v) is 13.0. The van der Waals surface area contributed by atoms with Gasteiger partial charge in [0.2, 0.25) is 0 Å². The average Bonchev–Trinajstić information content (AvgIpc) is 3.08. The molecule has 0 bridgehead atoms. The molecule has 0 radical (unpaired) electrons. The van der Waals surface area contributed by atoms with Crippen molar-refractivity contribution in [2.45, 2.75) is 71.0 Å². The van der Waals surface area contributed by atoms with Crippen molar-refractivity contribution in [3.8, 4) is 0 Å². The number of nitrogens with one attached hydrogen (secondary N) is 1. The van der Waals surface area contributed by atoms with Crippen molar-refractivity contribution in [1.29, 1.82) is 0 Å². The second kappa shape index (κ2) is 7.46. The summed E-state index contributed by atoms with van der Waals surface area (Å²) in [5.74, 6) is 0. The van der Waals surface area contributed by atoms with E-state index in [0.29, 0.717) is 6.04 Å². The Hall–Kier alpha value is -0.120. The summed E-state index contributed by atoms with van der Waals surface area (Å²) in [6.45, 7) is 12.1. The van der Waals surface area contributed by atoms with Gasteiger partial charge in [-0.2, -0.15) is 0 Å². The zero-order chi connectivity index (χ0) is 13.6. The van der Waals surface area contributed by atoms with Gasteiger partial charge in [-0.1, -0.05) is 0 Å². The number of ether oxygens (including phenoxy) is 1. The minimum Gasteiger partial charge on any atom is -0.383 e. The van der Waals surface area contributed by atoms with Crippen LogP contribution < -0.4 is 5.32 Å². The molecule has 1 saturated carbocycles. The highest BCUT2D eigenvalue weighted by molar-refractivity contribution is 4.87. The van der Waals surface area contributed by atoms with E-state index in [1.165, 1.54) is 25.7 Å². The van der Waals surface area contributed by atoms with Crippen molar-refractivity contribution in [2.75, 3.05) is 26.8 Å². The van der Waals surface area contributed by atoms with Gasteiger partial charge >= 0.3 is 0 Å². The van der Waals surface area contributed by atoms with Crippen LogP contribution in [0.15, 0.2) is 0 Å². The van der Waals surface area contributed by atoms with E-state index in [1.54, 1.807) is 7.11 Å². The van der Waals surface area contributed by atoms with Crippen molar-refractivity contribution >= 4 is 0 Å². The lowest BCUT2D eigenvalue weighted by Gasteiger charge is -2.29. The number of rotatable bonds is 9. The van der Waals surface area contributed by atoms with Gasteiger partial charge in [-0.3, -0.25) is 4.90 Å². The monoisotopic (exact) mass is 256 g/mol. The molecule has 0 aromatic carbocycles. The molecule has 1 atom stereocenters. The topological polar surface area (TPSA) is 24.5 Å². The Bertz CT molecular complexity index is 221. The van der Waals surface area contributed by atoms with Gasteiger partial charge in [0.05, 0.1) is 6.61 Å². The largest absolute Gasteiger partial charge is 0.383 e. The summed E-state index contributed by atoms with van der Waals surface area (Å²) in [5, 5.41) is 3.56. The highest BCUT2D eigenvalue weighted by Gasteiger charge is 2.31. The molecule has 0 spiro atoms. The summed E-state index contributed by atoms with van der Waals surface area (Å²) in [6, 6.07) is 1.53. The van der Waals surface area contributed by atoms with Crippen molar-refractivity contribution in [2.24, 2.45) is 0 Å². The van der Waals surface area contributed by atoms with Crippen LogP contribution in [0.4, 0.5) is 0 Å². The zero-order valence-electron chi connectivity index (χ0n) is 13.0. The van der Waals surface area contributed by atoms with Crippen LogP contribution in [0.25, 0.3) is 0 Å². The second-order valence-corrected chi connectivity index (χ2v) is 6.63. The molecule has 1 rings (SSSR count). The third-order valence-electron chi connectivity index (χ3n) is 3.59. The Kier molecular flexibility index (Phi) is 6.61. The van der Waals surface area contributed by atoms with Gasteiger partial charge in [0, 0.05) is 31.3 Å². The molecule has 1 aliphatic rings. The maximum Gasteiger partial charge on any atom is 0.0589 e. The van der Waals surface area contributed by atoms with E-state index >= 15 is 0 Å². The molecule has 1 N–H and O–H groups in total. The smallest absolute Gasteiger partial charge is 0.0589 e. The molecule has 1 unspecified atom stereocenters. The Morgan fingerprint density at radius 1 is 1.33 bits per heavy atom. The molecule has 3 heteroatoms. The van der Waals surface area contributed by atoms with Gasteiger partial charge in [-0.25, -0.2) is 0 Å². The number of hydrogen-bond donors (Lipinski definition) is 1. The van der Waals surface area contributed by atoms with Crippen LogP contribution in [-0.2, 0) is 4.74 Å². The van der Waals surface area contributed by atoms with E-state index in [2.05, 4.69) is 37.9 Å². The first kappa shape index (κ1) is 15.9. The SMILES string of the molecule is COCCN(C(C)CCCNC(C)(C)C)C1CC1. The molecule has 0 amide bonds. The second-order valence-electron chi connectivity index (χ2n) is 6.63. The van der Waals surface area contributed by atoms with Gasteiger partial charge in [0.1, 0.15) is 0 Å². The first-order valence-electron chi connectivity index (χ1n) is 7.44. The van der Waals surface area contributed by atoms with Crippen LogP contribution in [0.2, 0.25) is 0 Å². The average molecular weight is 256 g/mol. The standard InChI is InChI=1S/C15H32N2O/c1-13(7-6-10-16-15(2,3)4)17(11-12-18-5)14-8-9-14/h13-14,16H,6-12H2,1-5H3. The molecule has 0 aliphatic heterocycles. The minimum absolute atomic E-state index is 0.246. The van der Waals surface area contributed by atoms with Crippen LogP contribution >= 0.6 is 0 Å². The molecular formula is C15H32N2O. The summed E-state index contributed by atoms with van der Waals surface area (Å²) in [7, 11) is 1.79. The minimum atomic E-state index is 0.246.